The third-order valence-corrected chi connectivity index (χ3v) is 6.15. The number of hydrogen-bond donors (Lipinski definition) is 1. The quantitative estimate of drug-likeness (QED) is 0.386. The number of hydrogen-bond acceptors (Lipinski definition) is 4. The van der Waals surface area contributed by atoms with E-state index < -0.39 is 6.04 Å². The lowest BCUT2D eigenvalue weighted by Gasteiger charge is -2.35. The van der Waals surface area contributed by atoms with Crippen LogP contribution < -0.4 is 5.32 Å². The van der Waals surface area contributed by atoms with Crippen LogP contribution in [0, 0.1) is 18.6 Å². The molecule has 8 heteroatoms. The molecule has 0 bridgehead atoms. The minimum absolute atomic E-state index is 0.214. The molecule has 0 spiro atoms. The van der Waals surface area contributed by atoms with Crippen LogP contribution in [0.15, 0.2) is 83.0 Å². The van der Waals surface area contributed by atoms with E-state index in [4.69, 9.17) is 4.52 Å². The van der Waals surface area contributed by atoms with Gasteiger partial charge in [0.2, 0.25) is 5.82 Å². The number of carbonyl (C=O) groups excluding carboxylic acids is 1. The molecule has 4 aromatic rings. The number of aromatic nitrogens is 2. The van der Waals surface area contributed by atoms with Crippen LogP contribution in [0.3, 0.4) is 0 Å². The van der Waals surface area contributed by atoms with Gasteiger partial charge in [-0.25, -0.2) is 13.6 Å². The van der Waals surface area contributed by atoms with Crippen molar-refractivity contribution in [1.82, 2.24) is 20.4 Å². The molecular formula is C27H22F2N4O2. The first-order valence-corrected chi connectivity index (χ1v) is 11.1. The van der Waals surface area contributed by atoms with Gasteiger partial charge in [0, 0.05) is 11.3 Å². The number of nitrogens with zero attached hydrogens (tertiary/aromatic N) is 3. The second-order valence-electron chi connectivity index (χ2n) is 8.38. The maximum atomic E-state index is 13.6. The van der Waals surface area contributed by atoms with Gasteiger partial charge in [-0.15, -0.1) is 0 Å². The summed E-state index contributed by atoms with van der Waals surface area (Å²) in [5.41, 5.74) is 4.57. The van der Waals surface area contributed by atoms with Crippen molar-refractivity contribution in [3.8, 4) is 11.4 Å². The van der Waals surface area contributed by atoms with Crippen molar-refractivity contribution < 1.29 is 18.1 Å². The highest BCUT2D eigenvalue weighted by Gasteiger charge is 2.36. The Kier molecular flexibility index (Phi) is 5.86. The first kappa shape index (κ1) is 22.5. The average Bonchev–Trinajstić information content (AvgIpc) is 3.33. The number of carbonyl (C=O) groups is 1. The predicted molar refractivity (Wildman–Crippen MR) is 127 cm³/mol. The van der Waals surface area contributed by atoms with Crippen LogP contribution in [0.5, 0.6) is 0 Å². The Morgan fingerprint density at radius 2 is 1.60 bits per heavy atom. The number of rotatable bonds is 5. The summed E-state index contributed by atoms with van der Waals surface area (Å²) in [6.07, 6.45) is 0. The van der Waals surface area contributed by atoms with E-state index in [1.54, 1.807) is 29.2 Å². The van der Waals surface area contributed by atoms with Crippen molar-refractivity contribution in [3.63, 3.8) is 0 Å². The zero-order chi connectivity index (χ0) is 24.5. The second-order valence-corrected chi connectivity index (χ2v) is 8.38. The van der Waals surface area contributed by atoms with Crippen molar-refractivity contribution in [1.29, 1.82) is 0 Å². The van der Waals surface area contributed by atoms with Crippen LogP contribution in [0.2, 0.25) is 0 Å². The highest BCUT2D eigenvalue weighted by molar-refractivity contribution is 5.86. The SMILES string of the molecule is CC1=C(c2nc(-c3ccc(F)cc3)no2)C(c2ccc(F)cc2)NC(=O)N1Cc1ccccc1C. The molecule has 35 heavy (non-hydrogen) atoms. The lowest BCUT2D eigenvalue weighted by atomic mass is 9.94. The van der Waals surface area contributed by atoms with E-state index in [0.717, 1.165) is 11.1 Å². The van der Waals surface area contributed by atoms with Crippen LogP contribution in [0.1, 0.15) is 35.5 Å². The van der Waals surface area contributed by atoms with Gasteiger partial charge in [-0.2, -0.15) is 4.98 Å². The van der Waals surface area contributed by atoms with Crippen LogP contribution in [-0.4, -0.2) is 21.1 Å². The Morgan fingerprint density at radius 1 is 0.943 bits per heavy atom. The van der Waals surface area contributed by atoms with E-state index >= 15 is 0 Å². The summed E-state index contributed by atoms with van der Waals surface area (Å²) in [6, 6.07) is 18.6. The van der Waals surface area contributed by atoms with Gasteiger partial charge >= 0.3 is 6.03 Å². The third kappa shape index (κ3) is 4.42. The van der Waals surface area contributed by atoms with Gasteiger partial charge in [0.05, 0.1) is 18.2 Å². The fourth-order valence-electron chi connectivity index (χ4n) is 4.16. The predicted octanol–water partition coefficient (Wildman–Crippen LogP) is 6.02. The minimum atomic E-state index is -0.627. The van der Waals surface area contributed by atoms with Crippen molar-refractivity contribution in [3.05, 3.63) is 113 Å². The van der Waals surface area contributed by atoms with Crippen LogP contribution in [-0.2, 0) is 6.54 Å². The number of halogens is 2. The van der Waals surface area contributed by atoms with E-state index in [1.165, 1.54) is 24.3 Å². The molecule has 0 fully saturated rings. The maximum Gasteiger partial charge on any atom is 0.322 e. The van der Waals surface area contributed by atoms with E-state index in [-0.39, 0.29) is 23.6 Å². The smallest absolute Gasteiger partial charge is 0.322 e. The van der Waals surface area contributed by atoms with Gasteiger partial charge in [0.1, 0.15) is 11.6 Å². The van der Waals surface area contributed by atoms with Crippen LogP contribution >= 0.6 is 0 Å². The molecule has 0 radical (unpaired) electrons. The van der Waals surface area contributed by atoms with Gasteiger partial charge in [-0.3, -0.25) is 4.90 Å². The van der Waals surface area contributed by atoms with Crippen molar-refractivity contribution in [2.24, 2.45) is 0 Å². The molecule has 2 heterocycles. The van der Waals surface area contributed by atoms with Crippen LogP contribution in [0.4, 0.5) is 13.6 Å². The summed E-state index contributed by atoms with van der Waals surface area (Å²) in [7, 11) is 0. The zero-order valence-corrected chi connectivity index (χ0v) is 19.1. The second kappa shape index (κ2) is 9.13. The summed E-state index contributed by atoms with van der Waals surface area (Å²) < 4.78 is 32.6. The summed E-state index contributed by atoms with van der Waals surface area (Å²) in [6.45, 7) is 4.17. The minimum Gasteiger partial charge on any atom is -0.334 e. The molecule has 0 saturated heterocycles. The highest BCUT2D eigenvalue weighted by atomic mass is 19.1. The fourth-order valence-corrected chi connectivity index (χ4v) is 4.16. The number of allylic oxidation sites excluding steroid dienone is 1. The van der Waals surface area contributed by atoms with Crippen molar-refractivity contribution in [2.45, 2.75) is 26.4 Å². The van der Waals surface area contributed by atoms with Gasteiger partial charge < -0.3 is 9.84 Å². The first-order chi connectivity index (χ1) is 16.9. The summed E-state index contributed by atoms with van der Waals surface area (Å²) in [5, 5.41) is 7.08. The molecule has 176 valence electrons. The molecule has 1 N–H and O–H groups in total. The molecule has 0 aliphatic carbocycles. The molecule has 2 amide bonds. The molecule has 1 aliphatic rings. The van der Waals surface area contributed by atoms with E-state index in [1.807, 2.05) is 38.1 Å². The van der Waals surface area contributed by atoms with Gasteiger partial charge in [0.15, 0.2) is 0 Å². The van der Waals surface area contributed by atoms with E-state index in [9.17, 15) is 13.6 Å². The Morgan fingerprint density at radius 3 is 2.29 bits per heavy atom. The van der Waals surface area contributed by atoms with E-state index in [0.29, 0.717) is 34.8 Å². The largest absolute Gasteiger partial charge is 0.334 e. The maximum absolute atomic E-state index is 13.6. The molecule has 3 aromatic carbocycles. The molecule has 1 unspecified atom stereocenters. The standard InChI is InChI=1S/C27H22F2N4O2/c1-16-5-3-4-6-20(16)15-33-17(2)23(24(30-27(33)34)18-7-11-21(28)12-8-18)26-31-25(32-35-26)19-9-13-22(29)14-10-19/h3-14,24H,15H2,1-2H3,(H,30,34). The number of amides is 2. The molecule has 1 atom stereocenters. The van der Waals surface area contributed by atoms with Crippen molar-refractivity contribution >= 4 is 11.6 Å². The number of aryl methyl sites for hydroxylation is 1. The molecule has 5 rings (SSSR count). The fraction of sp³-hybridized carbons (Fsp3) is 0.148. The lowest BCUT2D eigenvalue weighted by Crippen LogP contribution is -2.45. The van der Waals surface area contributed by atoms with Crippen LogP contribution in [0.25, 0.3) is 17.0 Å². The Hall–Kier alpha value is -4.33. The molecule has 0 saturated carbocycles. The number of nitrogens with one attached hydrogen (secondary N) is 1. The Balaban J connectivity index is 1.60. The van der Waals surface area contributed by atoms with Gasteiger partial charge in [0.25, 0.3) is 5.89 Å². The molecule has 1 aromatic heterocycles. The average molecular weight is 472 g/mol. The monoisotopic (exact) mass is 472 g/mol. The summed E-state index contributed by atoms with van der Waals surface area (Å²) in [5.74, 6) is -0.239. The third-order valence-electron chi connectivity index (χ3n) is 6.15. The zero-order valence-electron chi connectivity index (χ0n) is 19.1. The Bertz CT molecular complexity index is 1410. The summed E-state index contributed by atoms with van der Waals surface area (Å²) >= 11 is 0. The number of benzene rings is 3. The van der Waals surface area contributed by atoms with Gasteiger partial charge in [-0.05, 0) is 66.9 Å². The normalized spacial score (nSPS) is 15.9. The van der Waals surface area contributed by atoms with Crippen molar-refractivity contribution in [2.75, 3.05) is 0 Å². The molecular weight excluding hydrogens is 450 g/mol. The lowest BCUT2D eigenvalue weighted by molar-refractivity contribution is 0.203. The molecule has 6 nitrogen and oxygen atoms in total. The first-order valence-electron chi connectivity index (χ1n) is 11.1. The topological polar surface area (TPSA) is 71.3 Å². The van der Waals surface area contributed by atoms with Gasteiger partial charge in [-0.1, -0.05) is 41.6 Å². The Labute approximate surface area is 200 Å². The molecule has 1 aliphatic heterocycles. The van der Waals surface area contributed by atoms with E-state index in [2.05, 4.69) is 15.5 Å². The highest BCUT2D eigenvalue weighted by Crippen LogP contribution is 2.38. The number of urea groups is 1. The summed E-state index contributed by atoms with van der Waals surface area (Å²) in [4.78, 5) is 19.4.